The van der Waals surface area contributed by atoms with Gasteiger partial charge in [0, 0.05) is 16.6 Å². The van der Waals surface area contributed by atoms with E-state index >= 15 is 0 Å². The Balaban J connectivity index is 2.27. The molecule has 0 aliphatic rings. The van der Waals surface area contributed by atoms with E-state index in [0.29, 0.717) is 27.1 Å². The van der Waals surface area contributed by atoms with E-state index in [2.05, 4.69) is 0 Å². The molecule has 0 unspecified atom stereocenters. The lowest BCUT2D eigenvalue weighted by atomic mass is 10.2. The number of rotatable bonds is 2. The summed E-state index contributed by atoms with van der Waals surface area (Å²) in [5, 5.41) is 10.7. The van der Waals surface area contributed by atoms with E-state index < -0.39 is 10.0 Å². The highest BCUT2D eigenvalue weighted by atomic mass is 35.5. The van der Waals surface area contributed by atoms with Gasteiger partial charge in [-0.25, -0.2) is 12.4 Å². The summed E-state index contributed by atoms with van der Waals surface area (Å²) in [6.07, 6.45) is 1.49. The maximum Gasteiger partial charge on any atom is 0.268 e. The van der Waals surface area contributed by atoms with Crippen molar-refractivity contribution < 1.29 is 13.5 Å². The number of aryl methyl sites for hydroxylation is 2. The lowest BCUT2D eigenvalue weighted by Crippen LogP contribution is -2.13. The van der Waals surface area contributed by atoms with Crippen LogP contribution in [0.5, 0.6) is 5.75 Å². The fourth-order valence-corrected chi connectivity index (χ4v) is 4.32. The lowest BCUT2D eigenvalue weighted by Gasteiger charge is -2.12. The van der Waals surface area contributed by atoms with Gasteiger partial charge in [-0.15, -0.1) is 0 Å². The van der Waals surface area contributed by atoms with Crippen molar-refractivity contribution in [3.05, 3.63) is 58.7 Å². The van der Waals surface area contributed by atoms with Gasteiger partial charge in [-0.05, 0) is 61.4 Å². The third kappa shape index (κ3) is 2.26. The van der Waals surface area contributed by atoms with Crippen LogP contribution in [0.2, 0.25) is 5.02 Å². The molecule has 0 aliphatic heterocycles. The van der Waals surface area contributed by atoms with Crippen molar-refractivity contribution in [2.45, 2.75) is 18.7 Å². The van der Waals surface area contributed by atoms with E-state index in [1.165, 1.54) is 22.3 Å². The Bertz CT molecular complexity index is 990. The van der Waals surface area contributed by atoms with Gasteiger partial charge in [0.1, 0.15) is 5.75 Å². The maximum absolute atomic E-state index is 12.9. The first kappa shape index (κ1) is 14.9. The minimum absolute atomic E-state index is 0.0983. The van der Waals surface area contributed by atoms with E-state index in [0.717, 1.165) is 0 Å². The zero-order valence-corrected chi connectivity index (χ0v) is 13.6. The molecule has 1 aromatic heterocycles. The van der Waals surface area contributed by atoms with Crippen LogP contribution in [0.1, 0.15) is 11.1 Å². The first-order valence-electron chi connectivity index (χ1n) is 6.63. The Morgan fingerprint density at radius 3 is 2.50 bits per heavy atom. The van der Waals surface area contributed by atoms with Crippen molar-refractivity contribution in [2.75, 3.05) is 0 Å². The summed E-state index contributed by atoms with van der Waals surface area (Å²) in [6, 6.07) is 9.47. The molecule has 0 saturated carbocycles. The summed E-state index contributed by atoms with van der Waals surface area (Å²) in [7, 11) is -3.73. The van der Waals surface area contributed by atoms with Crippen LogP contribution < -0.4 is 0 Å². The molecule has 3 aromatic rings. The quantitative estimate of drug-likeness (QED) is 0.773. The monoisotopic (exact) mass is 335 g/mol. The van der Waals surface area contributed by atoms with Gasteiger partial charge in [0.05, 0.1) is 10.4 Å². The van der Waals surface area contributed by atoms with E-state index in [4.69, 9.17) is 11.6 Å². The Hall–Kier alpha value is -1.98. The molecule has 0 saturated heterocycles. The van der Waals surface area contributed by atoms with E-state index in [1.54, 1.807) is 38.1 Å². The molecule has 4 nitrogen and oxygen atoms in total. The number of benzene rings is 2. The predicted molar refractivity (Wildman–Crippen MR) is 87.1 cm³/mol. The highest BCUT2D eigenvalue weighted by Crippen LogP contribution is 2.29. The highest BCUT2D eigenvalue weighted by Gasteiger charge is 2.22. The number of hydrogen-bond acceptors (Lipinski definition) is 3. The third-order valence-corrected chi connectivity index (χ3v) is 5.87. The van der Waals surface area contributed by atoms with Crippen molar-refractivity contribution >= 4 is 32.5 Å². The zero-order valence-electron chi connectivity index (χ0n) is 12.0. The summed E-state index contributed by atoms with van der Waals surface area (Å²) in [5.74, 6) is 0.0983. The van der Waals surface area contributed by atoms with Crippen LogP contribution in [0.25, 0.3) is 10.9 Å². The molecule has 22 heavy (non-hydrogen) atoms. The summed E-state index contributed by atoms with van der Waals surface area (Å²) >= 11 is 6.04. The average molecular weight is 336 g/mol. The van der Waals surface area contributed by atoms with E-state index in [1.807, 2.05) is 0 Å². The van der Waals surface area contributed by atoms with E-state index in [9.17, 15) is 13.5 Å². The number of aromatic hydroxyl groups is 1. The van der Waals surface area contributed by atoms with Crippen LogP contribution in [0.15, 0.2) is 47.5 Å². The van der Waals surface area contributed by atoms with Crippen molar-refractivity contribution in [3.63, 3.8) is 0 Å². The Labute approximate surface area is 133 Å². The first-order valence-corrected chi connectivity index (χ1v) is 8.45. The zero-order chi connectivity index (χ0) is 16.1. The molecule has 2 aromatic carbocycles. The molecule has 6 heteroatoms. The number of aromatic nitrogens is 1. The average Bonchev–Trinajstić information content (AvgIpc) is 2.86. The molecule has 0 aliphatic carbocycles. The van der Waals surface area contributed by atoms with Gasteiger partial charge in [0.2, 0.25) is 0 Å². The smallest absolute Gasteiger partial charge is 0.268 e. The Morgan fingerprint density at radius 1 is 1.05 bits per heavy atom. The SMILES string of the molecule is Cc1cc(S(=O)(=O)n2ccc3cc(O)ccc32)c(C)cc1Cl. The second-order valence-electron chi connectivity index (χ2n) is 5.23. The van der Waals surface area contributed by atoms with E-state index in [-0.39, 0.29) is 10.6 Å². The largest absolute Gasteiger partial charge is 0.508 e. The Kier molecular flexibility index (Phi) is 3.42. The third-order valence-electron chi connectivity index (χ3n) is 3.63. The molecule has 0 atom stereocenters. The van der Waals surface area contributed by atoms with Crippen molar-refractivity contribution in [2.24, 2.45) is 0 Å². The molecule has 114 valence electrons. The number of hydrogen-bond donors (Lipinski definition) is 1. The Morgan fingerprint density at radius 2 is 1.77 bits per heavy atom. The first-order chi connectivity index (χ1) is 10.3. The molecule has 0 radical (unpaired) electrons. The van der Waals surface area contributed by atoms with Crippen LogP contribution in [0, 0.1) is 13.8 Å². The van der Waals surface area contributed by atoms with Crippen LogP contribution in [0.4, 0.5) is 0 Å². The van der Waals surface area contributed by atoms with Crippen molar-refractivity contribution in [1.29, 1.82) is 0 Å². The van der Waals surface area contributed by atoms with Gasteiger partial charge in [-0.2, -0.15) is 0 Å². The summed E-state index contributed by atoms with van der Waals surface area (Å²) in [4.78, 5) is 0.222. The summed E-state index contributed by atoms with van der Waals surface area (Å²) < 4.78 is 27.1. The van der Waals surface area contributed by atoms with Gasteiger partial charge in [-0.1, -0.05) is 11.6 Å². The topological polar surface area (TPSA) is 59.3 Å². The van der Waals surface area contributed by atoms with Crippen LogP contribution in [-0.2, 0) is 10.0 Å². The van der Waals surface area contributed by atoms with Crippen molar-refractivity contribution in [3.8, 4) is 5.75 Å². The molecule has 0 bridgehead atoms. The van der Waals surface area contributed by atoms with Gasteiger partial charge < -0.3 is 5.11 Å². The fourth-order valence-electron chi connectivity index (χ4n) is 2.45. The van der Waals surface area contributed by atoms with Crippen LogP contribution in [-0.4, -0.2) is 17.5 Å². The molecule has 1 heterocycles. The number of phenols is 1. The maximum atomic E-state index is 12.9. The van der Waals surface area contributed by atoms with Gasteiger partial charge in [0.15, 0.2) is 0 Å². The standard InChI is InChI=1S/C16H14ClNO3S/c1-10-8-16(11(2)7-14(10)17)22(20,21)18-6-5-12-9-13(19)3-4-15(12)18/h3-9,19H,1-2H3. The number of fused-ring (bicyclic) bond motifs is 1. The molecule has 0 spiro atoms. The number of phenolic OH excluding ortho intramolecular Hbond substituents is 1. The van der Waals surface area contributed by atoms with Gasteiger partial charge in [-0.3, -0.25) is 0 Å². The number of halogens is 1. The molecule has 0 fully saturated rings. The van der Waals surface area contributed by atoms with Gasteiger partial charge in [0.25, 0.3) is 10.0 Å². The normalized spacial score (nSPS) is 12.0. The molecular formula is C16H14ClNO3S. The minimum Gasteiger partial charge on any atom is -0.508 e. The van der Waals surface area contributed by atoms with Crippen LogP contribution in [0.3, 0.4) is 0 Å². The van der Waals surface area contributed by atoms with Crippen LogP contribution >= 0.6 is 11.6 Å². The van der Waals surface area contributed by atoms with Gasteiger partial charge >= 0.3 is 0 Å². The highest BCUT2D eigenvalue weighted by molar-refractivity contribution is 7.90. The molecule has 1 N–H and O–H groups in total. The molecular weight excluding hydrogens is 322 g/mol. The second-order valence-corrected chi connectivity index (χ2v) is 7.42. The molecule has 3 rings (SSSR count). The second kappa shape index (κ2) is 5.04. The number of nitrogens with zero attached hydrogens (tertiary/aromatic N) is 1. The fraction of sp³-hybridized carbons (Fsp3) is 0.125. The molecule has 0 amide bonds. The summed E-state index contributed by atoms with van der Waals surface area (Å²) in [5.41, 5.74) is 1.82. The minimum atomic E-state index is -3.73. The summed E-state index contributed by atoms with van der Waals surface area (Å²) in [6.45, 7) is 3.49. The van der Waals surface area contributed by atoms with Crippen molar-refractivity contribution in [1.82, 2.24) is 3.97 Å². The lowest BCUT2D eigenvalue weighted by molar-refractivity contribution is 0.476. The predicted octanol–water partition coefficient (Wildman–Crippen LogP) is 3.85.